The average Bonchev–Trinajstić information content (AvgIpc) is 2.51. The third kappa shape index (κ3) is 2.16. The molecule has 1 aliphatic heterocycles. The molecule has 0 fully saturated rings. The van der Waals surface area contributed by atoms with E-state index in [0.717, 1.165) is 0 Å². The molecule has 1 heterocycles. The van der Waals surface area contributed by atoms with Crippen molar-refractivity contribution in [1.82, 2.24) is 0 Å². The molecule has 0 saturated carbocycles. The highest BCUT2D eigenvalue weighted by atomic mass is 16.7. The number of para-hydroxylation sites is 2. The summed E-state index contributed by atoms with van der Waals surface area (Å²) in [6.45, 7) is 0.0352. The summed E-state index contributed by atoms with van der Waals surface area (Å²) in [5.41, 5.74) is 1.10. The number of hydrogen-bond acceptors (Lipinski definition) is 4. The van der Waals surface area contributed by atoms with Crippen LogP contribution in [0.25, 0.3) is 0 Å². The SMILES string of the molecule is O[C@H]1c2ccccc2OCOc2ccccc2[C@@H]1O. The molecule has 0 aromatic heterocycles. The molecule has 98 valence electrons. The maximum Gasteiger partial charge on any atom is 0.230 e. The molecule has 0 aliphatic carbocycles. The molecule has 0 amide bonds. The van der Waals surface area contributed by atoms with E-state index in [4.69, 9.17) is 9.47 Å². The second kappa shape index (κ2) is 4.91. The molecule has 2 atom stereocenters. The van der Waals surface area contributed by atoms with E-state index in [9.17, 15) is 10.2 Å². The van der Waals surface area contributed by atoms with Gasteiger partial charge in [-0.1, -0.05) is 36.4 Å². The van der Waals surface area contributed by atoms with E-state index in [0.29, 0.717) is 22.6 Å². The largest absolute Gasteiger partial charge is 0.457 e. The van der Waals surface area contributed by atoms with Crippen LogP contribution in [0.15, 0.2) is 48.5 Å². The number of aliphatic hydroxyl groups excluding tert-OH is 2. The smallest absolute Gasteiger partial charge is 0.230 e. The van der Waals surface area contributed by atoms with E-state index < -0.39 is 12.2 Å². The fourth-order valence-electron chi connectivity index (χ4n) is 2.21. The highest BCUT2D eigenvalue weighted by Crippen LogP contribution is 2.38. The monoisotopic (exact) mass is 258 g/mol. The molecule has 19 heavy (non-hydrogen) atoms. The molecule has 2 aromatic carbocycles. The minimum atomic E-state index is -1.06. The Morgan fingerprint density at radius 3 is 1.63 bits per heavy atom. The summed E-state index contributed by atoms with van der Waals surface area (Å²) in [4.78, 5) is 0. The second-order valence-electron chi connectivity index (χ2n) is 4.37. The van der Waals surface area contributed by atoms with Gasteiger partial charge in [0.1, 0.15) is 23.7 Å². The van der Waals surface area contributed by atoms with Crippen LogP contribution < -0.4 is 9.47 Å². The third-order valence-corrected chi connectivity index (χ3v) is 3.20. The van der Waals surface area contributed by atoms with Crippen LogP contribution in [0.4, 0.5) is 0 Å². The van der Waals surface area contributed by atoms with Gasteiger partial charge in [-0.25, -0.2) is 0 Å². The minimum absolute atomic E-state index is 0.0352. The lowest BCUT2D eigenvalue weighted by molar-refractivity contribution is 0.0161. The maximum absolute atomic E-state index is 10.3. The minimum Gasteiger partial charge on any atom is -0.457 e. The first-order chi connectivity index (χ1) is 9.27. The summed E-state index contributed by atoms with van der Waals surface area (Å²) < 4.78 is 11.0. The molecule has 4 nitrogen and oxygen atoms in total. The number of aliphatic hydroxyl groups is 2. The Morgan fingerprint density at radius 2 is 1.16 bits per heavy atom. The topological polar surface area (TPSA) is 58.9 Å². The first-order valence-corrected chi connectivity index (χ1v) is 6.07. The normalized spacial score (nSPS) is 21.8. The molecule has 1 aliphatic rings. The van der Waals surface area contributed by atoms with Gasteiger partial charge < -0.3 is 19.7 Å². The van der Waals surface area contributed by atoms with Gasteiger partial charge in [0, 0.05) is 11.1 Å². The molecule has 0 bridgehead atoms. The van der Waals surface area contributed by atoms with Gasteiger partial charge in [-0.3, -0.25) is 0 Å². The summed E-state index contributed by atoms with van der Waals surface area (Å²) in [5, 5.41) is 20.6. The maximum atomic E-state index is 10.3. The van der Waals surface area contributed by atoms with Crippen molar-refractivity contribution in [3.63, 3.8) is 0 Å². The zero-order valence-corrected chi connectivity index (χ0v) is 10.2. The van der Waals surface area contributed by atoms with Crippen LogP contribution in [0, 0.1) is 0 Å². The fourth-order valence-corrected chi connectivity index (χ4v) is 2.21. The second-order valence-corrected chi connectivity index (χ2v) is 4.37. The van der Waals surface area contributed by atoms with E-state index >= 15 is 0 Å². The molecule has 2 aromatic rings. The number of fused-ring (bicyclic) bond motifs is 2. The predicted molar refractivity (Wildman–Crippen MR) is 68.9 cm³/mol. The first kappa shape index (κ1) is 12.0. The van der Waals surface area contributed by atoms with Crippen LogP contribution in [-0.4, -0.2) is 17.0 Å². The summed E-state index contributed by atoms with van der Waals surface area (Å²) >= 11 is 0. The molecule has 0 radical (unpaired) electrons. The number of hydrogen-bond donors (Lipinski definition) is 2. The molecule has 3 rings (SSSR count). The summed E-state index contributed by atoms with van der Waals surface area (Å²) in [6.07, 6.45) is -2.11. The summed E-state index contributed by atoms with van der Waals surface area (Å²) in [5.74, 6) is 1.03. The first-order valence-electron chi connectivity index (χ1n) is 6.07. The van der Waals surface area contributed by atoms with Crippen molar-refractivity contribution in [3.05, 3.63) is 59.7 Å². The lowest BCUT2D eigenvalue weighted by Crippen LogP contribution is -2.10. The van der Waals surface area contributed by atoms with Crippen molar-refractivity contribution in [1.29, 1.82) is 0 Å². The zero-order valence-electron chi connectivity index (χ0n) is 10.2. The van der Waals surface area contributed by atoms with Crippen LogP contribution in [-0.2, 0) is 0 Å². The zero-order chi connectivity index (χ0) is 13.2. The number of benzene rings is 2. The molecule has 0 unspecified atom stereocenters. The van der Waals surface area contributed by atoms with Gasteiger partial charge in [-0.2, -0.15) is 0 Å². The summed E-state index contributed by atoms with van der Waals surface area (Å²) in [6, 6.07) is 14.2. The Bertz CT molecular complexity index is 530. The van der Waals surface area contributed by atoms with Crippen molar-refractivity contribution < 1.29 is 19.7 Å². The van der Waals surface area contributed by atoms with Gasteiger partial charge in [-0.15, -0.1) is 0 Å². The summed E-state index contributed by atoms with van der Waals surface area (Å²) in [7, 11) is 0. The van der Waals surface area contributed by atoms with Crippen molar-refractivity contribution in [2.75, 3.05) is 6.79 Å². The van der Waals surface area contributed by atoms with Crippen molar-refractivity contribution in [2.45, 2.75) is 12.2 Å². The highest BCUT2D eigenvalue weighted by molar-refractivity contribution is 5.41. The van der Waals surface area contributed by atoms with Crippen LogP contribution in [0.1, 0.15) is 23.3 Å². The van der Waals surface area contributed by atoms with Gasteiger partial charge in [0.05, 0.1) is 0 Å². The van der Waals surface area contributed by atoms with Crippen LogP contribution in [0.5, 0.6) is 11.5 Å². The van der Waals surface area contributed by atoms with Gasteiger partial charge in [0.15, 0.2) is 0 Å². The standard InChI is InChI=1S/C15H14O4/c16-14-10-5-1-3-7-12(10)18-9-19-13-8-4-2-6-11(13)15(14)17/h1-8,14-17H,9H2/t14-,15-/m0/s1. The van der Waals surface area contributed by atoms with Crippen molar-refractivity contribution in [2.24, 2.45) is 0 Å². The van der Waals surface area contributed by atoms with E-state index in [1.165, 1.54) is 0 Å². The molecule has 4 heteroatoms. The highest BCUT2D eigenvalue weighted by Gasteiger charge is 2.27. The van der Waals surface area contributed by atoms with E-state index in [1.54, 1.807) is 36.4 Å². The van der Waals surface area contributed by atoms with Crippen LogP contribution in [0.2, 0.25) is 0 Å². The van der Waals surface area contributed by atoms with E-state index in [2.05, 4.69) is 0 Å². The Labute approximate surface area is 110 Å². The van der Waals surface area contributed by atoms with Gasteiger partial charge in [0.25, 0.3) is 0 Å². The van der Waals surface area contributed by atoms with Crippen molar-refractivity contribution in [3.8, 4) is 11.5 Å². The Hall–Kier alpha value is -2.04. The predicted octanol–water partition coefficient (Wildman–Crippen LogP) is 2.18. The number of ether oxygens (including phenoxy) is 2. The molecular formula is C15H14O4. The molecule has 2 N–H and O–H groups in total. The Morgan fingerprint density at radius 1 is 0.737 bits per heavy atom. The van der Waals surface area contributed by atoms with Gasteiger partial charge in [0.2, 0.25) is 6.79 Å². The Kier molecular flexibility index (Phi) is 3.11. The van der Waals surface area contributed by atoms with Crippen LogP contribution in [0.3, 0.4) is 0 Å². The molecule has 0 spiro atoms. The van der Waals surface area contributed by atoms with Crippen LogP contribution >= 0.6 is 0 Å². The van der Waals surface area contributed by atoms with Crippen molar-refractivity contribution >= 4 is 0 Å². The Balaban J connectivity index is 2.08. The van der Waals surface area contributed by atoms with Gasteiger partial charge >= 0.3 is 0 Å². The van der Waals surface area contributed by atoms with E-state index in [1.807, 2.05) is 12.1 Å². The molecular weight excluding hydrogens is 244 g/mol. The lowest BCUT2D eigenvalue weighted by Gasteiger charge is -2.19. The third-order valence-electron chi connectivity index (χ3n) is 3.20. The number of rotatable bonds is 0. The fraction of sp³-hybridized carbons (Fsp3) is 0.200. The van der Waals surface area contributed by atoms with Gasteiger partial charge in [-0.05, 0) is 12.1 Å². The van der Waals surface area contributed by atoms with E-state index in [-0.39, 0.29) is 6.79 Å². The lowest BCUT2D eigenvalue weighted by atomic mass is 9.97. The quantitative estimate of drug-likeness (QED) is 0.760. The molecule has 0 saturated heterocycles. The average molecular weight is 258 g/mol.